The lowest BCUT2D eigenvalue weighted by Gasteiger charge is -1.95. The van der Waals surface area contributed by atoms with Gasteiger partial charge in [0, 0.05) is 17.3 Å². The molecule has 0 aromatic carbocycles. The zero-order valence-corrected chi connectivity index (χ0v) is 7.90. The van der Waals surface area contributed by atoms with Gasteiger partial charge in [-0.1, -0.05) is 0 Å². The van der Waals surface area contributed by atoms with Gasteiger partial charge < -0.3 is 5.73 Å². The maximum absolute atomic E-state index is 10.4. The van der Waals surface area contributed by atoms with Gasteiger partial charge in [-0.25, -0.2) is 0 Å². The highest BCUT2D eigenvalue weighted by Crippen LogP contribution is 2.14. The molecule has 0 fully saturated rings. The molecular weight excluding hydrogens is 196 g/mol. The highest BCUT2D eigenvalue weighted by atomic mass is 35.5. The van der Waals surface area contributed by atoms with Crippen LogP contribution >= 0.6 is 24.2 Å². The molecule has 12 heavy (non-hydrogen) atoms. The molecule has 0 unspecified atom stereocenters. The van der Waals surface area contributed by atoms with Crippen LogP contribution in [0, 0.1) is 0 Å². The van der Waals surface area contributed by atoms with E-state index in [9.17, 15) is 4.79 Å². The van der Waals surface area contributed by atoms with Crippen molar-refractivity contribution in [3.63, 3.8) is 0 Å². The second-order valence-corrected chi connectivity index (χ2v) is 2.99. The van der Waals surface area contributed by atoms with Crippen LogP contribution in [0.1, 0.15) is 0 Å². The Kier molecular flexibility index (Phi) is 5.49. The van der Waals surface area contributed by atoms with Gasteiger partial charge in [-0.2, -0.15) is 0 Å². The second-order valence-electron chi connectivity index (χ2n) is 1.94. The van der Waals surface area contributed by atoms with E-state index in [2.05, 4.69) is 4.98 Å². The minimum Gasteiger partial charge on any atom is -0.369 e. The zero-order valence-electron chi connectivity index (χ0n) is 6.27. The van der Waals surface area contributed by atoms with Crippen molar-refractivity contribution in [1.29, 1.82) is 0 Å². The fourth-order valence-corrected chi connectivity index (χ4v) is 1.21. The van der Waals surface area contributed by atoms with Crippen LogP contribution in [-0.2, 0) is 4.79 Å². The van der Waals surface area contributed by atoms with Crippen LogP contribution in [0.3, 0.4) is 0 Å². The number of rotatable bonds is 3. The smallest absolute Gasteiger partial charge is 0.227 e. The van der Waals surface area contributed by atoms with E-state index >= 15 is 0 Å². The summed E-state index contributed by atoms with van der Waals surface area (Å²) in [5, 5.41) is 0. The minimum atomic E-state index is -0.307. The maximum atomic E-state index is 10.4. The normalized spacial score (nSPS) is 8.67. The quantitative estimate of drug-likeness (QED) is 0.750. The number of halogens is 1. The molecule has 0 atom stereocenters. The first kappa shape index (κ1) is 11.3. The third-order valence-corrected chi connectivity index (χ3v) is 2.02. The molecule has 1 aromatic rings. The fourth-order valence-electron chi connectivity index (χ4n) is 0.587. The molecular formula is C7H9ClN2OS. The Bertz CT molecular complexity index is 242. The summed E-state index contributed by atoms with van der Waals surface area (Å²) in [7, 11) is 0. The van der Waals surface area contributed by atoms with Gasteiger partial charge in [0.15, 0.2) is 0 Å². The number of carbonyl (C=O) groups excluding carboxylic acids is 1. The standard InChI is InChI=1S/C7H8N2OS.ClH/c8-7(10)5-11-6-2-1-3-9-4-6;/h1-4H,5H2,(H2,8,10);1H. The molecule has 1 heterocycles. The molecule has 3 nitrogen and oxygen atoms in total. The van der Waals surface area contributed by atoms with Crippen molar-refractivity contribution in [2.45, 2.75) is 4.90 Å². The van der Waals surface area contributed by atoms with Gasteiger partial charge in [-0.15, -0.1) is 24.2 Å². The predicted octanol–water partition coefficient (Wildman–Crippen LogP) is 1.08. The van der Waals surface area contributed by atoms with E-state index in [0.29, 0.717) is 5.75 Å². The first-order valence-corrected chi connectivity index (χ1v) is 4.09. The number of thioether (sulfide) groups is 1. The molecule has 1 amide bonds. The molecule has 1 rings (SSSR count). The summed E-state index contributed by atoms with van der Waals surface area (Å²) in [6.45, 7) is 0. The molecule has 5 heteroatoms. The third kappa shape index (κ3) is 4.20. The Morgan fingerprint density at radius 2 is 2.42 bits per heavy atom. The summed E-state index contributed by atoms with van der Waals surface area (Å²) in [5.74, 6) is 0.00459. The van der Waals surface area contributed by atoms with E-state index in [4.69, 9.17) is 5.73 Å². The molecule has 1 aromatic heterocycles. The maximum Gasteiger partial charge on any atom is 0.227 e. The summed E-state index contributed by atoms with van der Waals surface area (Å²) in [6, 6.07) is 3.71. The van der Waals surface area contributed by atoms with E-state index in [0.717, 1.165) is 4.90 Å². The summed E-state index contributed by atoms with van der Waals surface area (Å²) in [5.41, 5.74) is 4.96. The van der Waals surface area contributed by atoms with Crippen molar-refractivity contribution in [1.82, 2.24) is 4.98 Å². The van der Waals surface area contributed by atoms with Gasteiger partial charge >= 0.3 is 0 Å². The van der Waals surface area contributed by atoms with Crippen molar-refractivity contribution in [2.75, 3.05) is 5.75 Å². The number of hydrogen-bond donors (Lipinski definition) is 1. The van der Waals surface area contributed by atoms with E-state index in [1.165, 1.54) is 11.8 Å². The molecule has 0 aliphatic carbocycles. The van der Waals surface area contributed by atoms with E-state index in [1.807, 2.05) is 12.1 Å². The number of primary amides is 1. The van der Waals surface area contributed by atoms with Crippen molar-refractivity contribution < 1.29 is 4.79 Å². The lowest BCUT2D eigenvalue weighted by atomic mass is 10.5. The van der Waals surface area contributed by atoms with E-state index in [-0.39, 0.29) is 18.3 Å². The molecule has 0 aliphatic rings. The highest BCUT2D eigenvalue weighted by molar-refractivity contribution is 8.00. The van der Waals surface area contributed by atoms with Crippen LogP contribution in [0.2, 0.25) is 0 Å². The van der Waals surface area contributed by atoms with Crippen LogP contribution in [0.4, 0.5) is 0 Å². The molecule has 0 bridgehead atoms. The van der Waals surface area contributed by atoms with Gasteiger partial charge in [-0.05, 0) is 12.1 Å². The number of nitrogens with two attached hydrogens (primary N) is 1. The van der Waals surface area contributed by atoms with Gasteiger partial charge in [0.1, 0.15) is 0 Å². The van der Waals surface area contributed by atoms with Gasteiger partial charge in [0.05, 0.1) is 5.75 Å². The Morgan fingerprint density at radius 1 is 1.67 bits per heavy atom. The Hall–Kier alpha value is -0.740. The van der Waals surface area contributed by atoms with E-state index < -0.39 is 0 Å². The van der Waals surface area contributed by atoms with E-state index in [1.54, 1.807) is 12.4 Å². The topological polar surface area (TPSA) is 56.0 Å². The number of aromatic nitrogens is 1. The van der Waals surface area contributed by atoms with Gasteiger partial charge in [0.2, 0.25) is 5.91 Å². The zero-order chi connectivity index (χ0) is 8.10. The monoisotopic (exact) mass is 204 g/mol. The average Bonchev–Trinajstić information content (AvgIpc) is 2.03. The van der Waals surface area contributed by atoms with Crippen LogP contribution < -0.4 is 5.73 Å². The first-order valence-electron chi connectivity index (χ1n) is 3.10. The number of amides is 1. The molecule has 0 aliphatic heterocycles. The van der Waals surface area contributed by atoms with Gasteiger partial charge in [0.25, 0.3) is 0 Å². The molecule has 0 radical (unpaired) electrons. The van der Waals surface area contributed by atoms with Crippen molar-refractivity contribution in [3.8, 4) is 0 Å². The first-order chi connectivity index (χ1) is 5.29. The SMILES string of the molecule is Cl.NC(=O)CSc1cccnc1. The van der Waals surface area contributed by atoms with Crippen LogP contribution in [-0.4, -0.2) is 16.6 Å². The Labute approximate surface area is 81.2 Å². The number of carbonyl (C=O) groups is 1. The largest absolute Gasteiger partial charge is 0.369 e. The Balaban J connectivity index is 0.00000121. The van der Waals surface area contributed by atoms with Crippen LogP contribution in [0.25, 0.3) is 0 Å². The summed E-state index contributed by atoms with van der Waals surface area (Å²) in [4.78, 5) is 15.2. The molecule has 2 N–H and O–H groups in total. The highest BCUT2D eigenvalue weighted by Gasteiger charge is 1.95. The predicted molar refractivity (Wildman–Crippen MR) is 51.4 cm³/mol. The van der Waals surface area contributed by atoms with Crippen LogP contribution in [0.5, 0.6) is 0 Å². The molecule has 66 valence electrons. The van der Waals surface area contributed by atoms with Crippen LogP contribution in [0.15, 0.2) is 29.4 Å². The second kappa shape index (κ2) is 5.85. The van der Waals surface area contributed by atoms with Gasteiger partial charge in [-0.3, -0.25) is 9.78 Å². The Morgan fingerprint density at radius 3 is 2.92 bits per heavy atom. The number of pyridine rings is 1. The fraction of sp³-hybridized carbons (Fsp3) is 0.143. The molecule has 0 spiro atoms. The summed E-state index contributed by atoms with van der Waals surface area (Å²) in [6.07, 6.45) is 3.39. The average molecular weight is 205 g/mol. The van der Waals surface area contributed by atoms with Crippen molar-refractivity contribution in [3.05, 3.63) is 24.5 Å². The third-order valence-electron chi connectivity index (χ3n) is 1.02. The van der Waals surface area contributed by atoms with Crippen molar-refractivity contribution >= 4 is 30.1 Å². The molecule has 0 saturated heterocycles. The lowest BCUT2D eigenvalue weighted by Crippen LogP contribution is -2.12. The summed E-state index contributed by atoms with van der Waals surface area (Å²) < 4.78 is 0. The van der Waals surface area contributed by atoms with Crippen molar-refractivity contribution in [2.24, 2.45) is 5.73 Å². The number of hydrogen-bond acceptors (Lipinski definition) is 3. The minimum absolute atomic E-state index is 0. The molecule has 0 saturated carbocycles. The summed E-state index contributed by atoms with van der Waals surface area (Å²) >= 11 is 1.39. The lowest BCUT2D eigenvalue weighted by molar-refractivity contribution is -0.115. The number of nitrogens with zero attached hydrogens (tertiary/aromatic N) is 1.